The second-order valence-corrected chi connectivity index (χ2v) is 7.97. The predicted octanol–water partition coefficient (Wildman–Crippen LogP) is 2.41. The van der Waals surface area contributed by atoms with Gasteiger partial charge in [0.25, 0.3) is 0 Å². The second-order valence-electron chi connectivity index (χ2n) is 7.97. The number of carbonyl (C=O) groups excluding carboxylic acids is 3. The van der Waals surface area contributed by atoms with E-state index in [1.54, 1.807) is 31.7 Å². The van der Waals surface area contributed by atoms with E-state index in [1.165, 1.54) is 0 Å². The topological polar surface area (TPSA) is 79.0 Å². The van der Waals surface area contributed by atoms with Crippen LogP contribution in [0.2, 0.25) is 0 Å². The van der Waals surface area contributed by atoms with Gasteiger partial charge in [0.15, 0.2) is 0 Å². The molecule has 1 aromatic rings. The zero-order valence-corrected chi connectivity index (χ0v) is 17.0. The molecular weight excluding hydrogens is 358 g/mol. The van der Waals surface area contributed by atoms with E-state index in [9.17, 15) is 14.4 Å². The van der Waals surface area contributed by atoms with Gasteiger partial charge in [-0.25, -0.2) is 0 Å². The monoisotopic (exact) mass is 387 g/mol. The van der Waals surface area contributed by atoms with Crippen molar-refractivity contribution in [3.8, 4) is 0 Å². The van der Waals surface area contributed by atoms with Crippen molar-refractivity contribution in [2.45, 2.75) is 52.1 Å². The van der Waals surface area contributed by atoms with Gasteiger partial charge in [0.1, 0.15) is 5.54 Å². The van der Waals surface area contributed by atoms with Crippen molar-refractivity contribution in [1.82, 2.24) is 4.90 Å². The number of esters is 1. The van der Waals surface area contributed by atoms with Gasteiger partial charge < -0.3 is 10.1 Å². The molecule has 2 aliphatic heterocycles. The Bertz CT molecular complexity index is 777. The predicted molar refractivity (Wildman–Crippen MR) is 107 cm³/mol. The molecule has 1 fully saturated rings. The van der Waals surface area contributed by atoms with Crippen LogP contribution in [0.25, 0.3) is 0 Å². The van der Waals surface area contributed by atoms with Crippen LogP contribution in [0.1, 0.15) is 40.5 Å². The summed E-state index contributed by atoms with van der Waals surface area (Å²) in [6.45, 7) is 8.74. The molecule has 1 N–H and O–H groups in total. The van der Waals surface area contributed by atoms with Crippen LogP contribution in [-0.4, -0.2) is 54.0 Å². The number of nitrogens with one attached hydrogen (secondary N) is 1. The van der Waals surface area contributed by atoms with Crippen LogP contribution in [0.4, 0.5) is 11.4 Å². The lowest BCUT2D eigenvalue weighted by molar-refractivity contribution is -0.150. The standard InChI is InChI=1S/C21H29N3O4/c1-5-28-19(26)15-9-8-12-23(13-15)14(2)18(25)24-17-11-7-6-10-16(17)22-20(27)21(24,3)4/h6-7,10-11,14-15H,5,8-9,12-13H2,1-4H3,(H,22,27)/t14-,15-/m0/s1. The highest BCUT2D eigenvalue weighted by Crippen LogP contribution is 2.37. The molecule has 0 spiro atoms. The third-order valence-electron chi connectivity index (χ3n) is 5.71. The fraction of sp³-hybridized carbons (Fsp3) is 0.571. The van der Waals surface area contributed by atoms with E-state index >= 15 is 0 Å². The van der Waals surface area contributed by atoms with E-state index in [4.69, 9.17) is 4.74 Å². The number of hydrogen-bond donors (Lipinski definition) is 1. The number of nitrogens with zero attached hydrogens (tertiary/aromatic N) is 2. The Kier molecular flexibility index (Phi) is 5.74. The number of likely N-dealkylation sites (tertiary alicyclic amines) is 1. The molecule has 3 rings (SSSR count). The molecule has 28 heavy (non-hydrogen) atoms. The Morgan fingerprint density at radius 3 is 2.75 bits per heavy atom. The van der Waals surface area contributed by atoms with Crippen molar-refractivity contribution in [3.05, 3.63) is 24.3 Å². The summed E-state index contributed by atoms with van der Waals surface area (Å²) >= 11 is 0. The van der Waals surface area contributed by atoms with E-state index in [1.807, 2.05) is 30.0 Å². The number of rotatable bonds is 4. The zero-order chi connectivity index (χ0) is 20.5. The summed E-state index contributed by atoms with van der Waals surface area (Å²) in [5, 5.41) is 2.88. The van der Waals surface area contributed by atoms with Gasteiger partial charge in [-0.15, -0.1) is 0 Å². The summed E-state index contributed by atoms with van der Waals surface area (Å²) < 4.78 is 5.17. The first-order valence-corrected chi connectivity index (χ1v) is 9.92. The van der Waals surface area contributed by atoms with Gasteiger partial charge in [-0.3, -0.25) is 24.2 Å². The van der Waals surface area contributed by atoms with Gasteiger partial charge in [-0.05, 0) is 59.2 Å². The maximum absolute atomic E-state index is 13.5. The Morgan fingerprint density at radius 2 is 2.04 bits per heavy atom. The molecule has 0 unspecified atom stereocenters. The normalized spacial score (nSPS) is 22.8. The van der Waals surface area contributed by atoms with Gasteiger partial charge in [-0.1, -0.05) is 12.1 Å². The molecule has 0 aliphatic carbocycles. The molecule has 7 heteroatoms. The van der Waals surface area contributed by atoms with Crippen molar-refractivity contribution < 1.29 is 19.1 Å². The van der Waals surface area contributed by atoms with Crippen LogP contribution in [0.3, 0.4) is 0 Å². The Balaban J connectivity index is 1.84. The lowest BCUT2D eigenvalue weighted by Gasteiger charge is -2.45. The van der Waals surface area contributed by atoms with Crippen LogP contribution in [-0.2, 0) is 19.1 Å². The summed E-state index contributed by atoms with van der Waals surface area (Å²) in [6.07, 6.45) is 1.61. The minimum absolute atomic E-state index is 0.142. The van der Waals surface area contributed by atoms with Crippen molar-refractivity contribution >= 4 is 29.2 Å². The first-order valence-electron chi connectivity index (χ1n) is 9.92. The molecule has 0 aromatic heterocycles. The molecule has 152 valence electrons. The summed E-state index contributed by atoms with van der Waals surface area (Å²) in [4.78, 5) is 41.9. The smallest absolute Gasteiger partial charge is 0.310 e. The van der Waals surface area contributed by atoms with E-state index in [-0.39, 0.29) is 23.7 Å². The van der Waals surface area contributed by atoms with Gasteiger partial charge in [0.2, 0.25) is 11.8 Å². The number of hydrogen-bond acceptors (Lipinski definition) is 5. The fourth-order valence-corrected chi connectivity index (χ4v) is 4.00. The SMILES string of the molecule is CCOC(=O)[C@H]1CCCN([C@@H](C)C(=O)N2c3ccccc3NC(=O)C2(C)C)C1. The Hall–Kier alpha value is -2.41. The molecule has 7 nitrogen and oxygen atoms in total. The lowest BCUT2D eigenvalue weighted by atomic mass is 9.93. The first-order chi connectivity index (χ1) is 13.3. The third kappa shape index (κ3) is 3.63. The zero-order valence-electron chi connectivity index (χ0n) is 17.0. The van der Waals surface area contributed by atoms with Crippen molar-refractivity contribution in [2.24, 2.45) is 5.92 Å². The van der Waals surface area contributed by atoms with Crippen LogP contribution < -0.4 is 10.2 Å². The average molecular weight is 387 g/mol. The lowest BCUT2D eigenvalue weighted by Crippen LogP contribution is -2.62. The third-order valence-corrected chi connectivity index (χ3v) is 5.71. The summed E-state index contributed by atoms with van der Waals surface area (Å²) in [5.41, 5.74) is 0.328. The van der Waals surface area contributed by atoms with Gasteiger partial charge in [0, 0.05) is 6.54 Å². The highest BCUT2D eigenvalue weighted by atomic mass is 16.5. The number of amides is 2. The number of ether oxygens (including phenoxy) is 1. The first kappa shape index (κ1) is 20.3. The summed E-state index contributed by atoms with van der Waals surface area (Å²) in [7, 11) is 0. The maximum atomic E-state index is 13.5. The van der Waals surface area contributed by atoms with Gasteiger partial charge in [0.05, 0.1) is 29.9 Å². The van der Waals surface area contributed by atoms with E-state index < -0.39 is 11.6 Å². The van der Waals surface area contributed by atoms with Crippen molar-refractivity contribution in [2.75, 3.05) is 29.9 Å². The highest BCUT2D eigenvalue weighted by Gasteiger charge is 2.46. The minimum Gasteiger partial charge on any atom is -0.466 e. The minimum atomic E-state index is -1.00. The quantitative estimate of drug-likeness (QED) is 0.803. The number of carbonyl (C=O) groups is 3. The van der Waals surface area contributed by atoms with E-state index in [0.717, 1.165) is 19.4 Å². The van der Waals surface area contributed by atoms with Crippen LogP contribution in [0.5, 0.6) is 0 Å². The van der Waals surface area contributed by atoms with Crippen LogP contribution in [0.15, 0.2) is 24.3 Å². The van der Waals surface area contributed by atoms with E-state index in [0.29, 0.717) is 24.5 Å². The second kappa shape index (κ2) is 7.91. The number of anilines is 2. The molecular formula is C21H29N3O4. The van der Waals surface area contributed by atoms with Gasteiger partial charge in [-0.2, -0.15) is 0 Å². The van der Waals surface area contributed by atoms with Crippen molar-refractivity contribution in [1.29, 1.82) is 0 Å². The number of benzene rings is 1. The van der Waals surface area contributed by atoms with Crippen LogP contribution >= 0.6 is 0 Å². The molecule has 1 saturated heterocycles. The number of fused-ring (bicyclic) bond motifs is 1. The number of para-hydroxylation sites is 2. The highest BCUT2D eigenvalue weighted by molar-refractivity contribution is 6.15. The molecule has 2 aliphatic rings. The molecule has 2 atom stereocenters. The molecule has 2 heterocycles. The molecule has 0 radical (unpaired) electrons. The Morgan fingerprint density at radius 1 is 1.32 bits per heavy atom. The maximum Gasteiger partial charge on any atom is 0.310 e. The van der Waals surface area contributed by atoms with E-state index in [2.05, 4.69) is 5.32 Å². The molecule has 0 saturated carbocycles. The molecule has 2 amide bonds. The van der Waals surface area contributed by atoms with Crippen LogP contribution in [0, 0.1) is 5.92 Å². The largest absolute Gasteiger partial charge is 0.466 e. The van der Waals surface area contributed by atoms with Gasteiger partial charge >= 0.3 is 5.97 Å². The molecule has 0 bridgehead atoms. The summed E-state index contributed by atoms with van der Waals surface area (Å²) in [5.74, 6) is -0.768. The van der Waals surface area contributed by atoms with Crippen molar-refractivity contribution in [3.63, 3.8) is 0 Å². The summed E-state index contributed by atoms with van der Waals surface area (Å²) in [6, 6.07) is 6.88. The number of piperidine rings is 1. The molecule has 1 aromatic carbocycles. The average Bonchev–Trinajstić information content (AvgIpc) is 2.68. The fourth-order valence-electron chi connectivity index (χ4n) is 4.00. The Labute approximate surface area is 166 Å².